The van der Waals surface area contributed by atoms with E-state index >= 15 is 0 Å². The summed E-state index contributed by atoms with van der Waals surface area (Å²) in [6, 6.07) is 3.04. The van der Waals surface area contributed by atoms with Crippen molar-refractivity contribution in [2.45, 2.75) is 43.8 Å². The lowest BCUT2D eigenvalue weighted by molar-refractivity contribution is 0.0589. The van der Waals surface area contributed by atoms with Crippen LogP contribution in [-0.2, 0) is 14.7 Å². The quantitative estimate of drug-likeness (QED) is 0.656. The van der Waals surface area contributed by atoms with E-state index in [9.17, 15) is 9.00 Å². The lowest BCUT2D eigenvalue weighted by Crippen LogP contribution is -2.54. The van der Waals surface area contributed by atoms with Crippen LogP contribution in [0.15, 0.2) is 23.2 Å². The Morgan fingerprint density at radius 1 is 1.43 bits per heavy atom. The summed E-state index contributed by atoms with van der Waals surface area (Å²) in [5.41, 5.74) is -0.0776. The third-order valence-electron chi connectivity index (χ3n) is 3.73. The highest BCUT2D eigenvalue weighted by Crippen LogP contribution is 2.35. The molecule has 1 rings (SSSR count). The van der Waals surface area contributed by atoms with Crippen LogP contribution in [0.1, 0.15) is 31.3 Å². The summed E-state index contributed by atoms with van der Waals surface area (Å²) >= 11 is 0. The number of pyridine rings is 1. The van der Waals surface area contributed by atoms with E-state index in [0.29, 0.717) is 0 Å². The van der Waals surface area contributed by atoms with Gasteiger partial charge < -0.3 is 4.74 Å². The fourth-order valence-electron chi connectivity index (χ4n) is 1.44. The molecule has 0 aliphatic heterocycles. The summed E-state index contributed by atoms with van der Waals surface area (Å²) in [6.45, 7) is 10.2. The highest BCUT2D eigenvalue weighted by atomic mass is 32.2. The van der Waals surface area contributed by atoms with Gasteiger partial charge in [0, 0.05) is 6.20 Å². The first-order valence-corrected chi connectivity index (χ1v) is 11.1. The van der Waals surface area contributed by atoms with Crippen molar-refractivity contribution in [2.75, 3.05) is 7.11 Å². The molecule has 0 aliphatic carbocycles. The molecule has 8 heteroatoms. The number of ether oxygens (including phenoxy) is 1. The Bertz CT molecular complexity index is 636. The summed E-state index contributed by atoms with van der Waals surface area (Å²) in [7, 11) is -4.29. The van der Waals surface area contributed by atoms with Gasteiger partial charge in [0.25, 0.3) is 0 Å². The molecule has 6 nitrogen and oxygen atoms in total. The number of aromatic nitrogens is 1. The van der Waals surface area contributed by atoms with Crippen LogP contribution in [-0.4, -0.2) is 30.5 Å². The zero-order valence-electron chi connectivity index (χ0n) is 13.3. The number of carbonyl (C=O) groups excluding carboxylic acids is 1. The van der Waals surface area contributed by atoms with Crippen LogP contribution in [0.4, 0.5) is 0 Å². The van der Waals surface area contributed by atoms with E-state index in [1.807, 2.05) is 33.9 Å². The molecule has 1 aromatic heterocycles. The molecule has 0 fully saturated rings. The largest absolute Gasteiger partial charge is 0.464 e. The van der Waals surface area contributed by atoms with Crippen LogP contribution >= 0.6 is 0 Å². The molecule has 0 radical (unpaired) electrons. The average molecular weight is 329 g/mol. The molecule has 1 unspecified atom stereocenters. The molecule has 0 aliphatic rings. The second-order valence-electron chi connectivity index (χ2n) is 6.37. The van der Waals surface area contributed by atoms with Crippen LogP contribution in [0.2, 0.25) is 18.1 Å². The standard InChI is InChI=1S/C13H23N3O3SSi/c1-13(2,3)21(5,6)16-20(14,18)10-8-7-9-15-11(10)12(17)19-4/h7-9H,1-6H3,(H2,14,16,18). The van der Waals surface area contributed by atoms with Crippen LogP contribution in [0, 0.1) is 4.78 Å². The van der Waals surface area contributed by atoms with Gasteiger partial charge in [-0.1, -0.05) is 33.9 Å². The minimum Gasteiger partial charge on any atom is -0.464 e. The van der Waals surface area contributed by atoms with Crippen LogP contribution < -0.4 is 4.39 Å². The number of hydrogen-bond acceptors (Lipinski definition) is 5. The fraction of sp³-hybridized carbons (Fsp3) is 0.538. The molecule has 2 N–H and O–H groups in total. The smallest absolute Gasteiger partial charge is 0.358 e. The molecule has 0 saturated heterocycles. The predicted molar refractivity (Wildman–Crippen MR) is 85.0 cm³/mol. The van der Waals surface area contributed by atoms with Crippen molar-refractivity contribution in [2.24, 2.45) is 0 Å². The van der Waals surface area contributed by atoms with Crippen molar-refractivity contribution in [1.29, 1.82) is 4.78 Å². The van der Waals surface area contributed by atoms with Crippen molar-refractivity contribution >= 4 is 24.1 Å². The topological polar surface area (TPSA) is 92.1 Å². The predicted octanol–water partition coefficient (Wildman–Crippen LogP) is 2.78. The van der Waals surface area contributed by atoms with E-state index in [4.69, 9.17) is 4.78 Å². The van der Waals surface area contributed by atoms with Crippen molar-refractivity contribution in [3.05, 3.63) is 24.0 Å². The van der Waals surface area contributed by atoms with E-state index < -0.39 is 24.1 Å². The minimum absolute atomic E-state index is 0.0710. The Morgan fingerprint density at radius 3 is 2.48 bits per heavy atom. The lowest BCUT2D eigenvalue weighted by Gasteiger charge is -2.37. The van der Waals surface area contributed by atoms with Gasteiger partial charge in [-0.15, -0.1) is 0 Å². The Kier molecular flexibility index (Phi) is 4.96. The number of methoxy groups -OCH3 is 1. The first-order valence-electron chi connectivity index (χ1n) is 6.53. The van der Waals surface area contributed by atoms with Gasteiger partial charge in [0.1, 0.15) is 18.2 Å². The van der Waals surface area contributed by atoms with Gasteiger partial charge in [-0.3, -0.25) is 0 Å². The van der Waals surface area contributed by atoms with Crippen LogP contribution in [0.25, 0.3) is 0 Å². The van der Waals surface area contributed by atoms with E-state index in [0.717, 1.165) is 0 Å². The third kappa shape index (κ3) is 3.89. The summed E-state index contributed by atoms with van der Waals surface area (Å²) in [4.78, 5) is 15.7. The normalized spacial score (nSPS) is 15.3. The molecule has 0 spiro atoms. The van der Waals surface area contributed by atoms with Crippen molar-refractivity contribution < 1.29 is 13.7 Å². The molecule has 1 aromatic rings. The fourth-order valence-corrected chi connectivity index (χ4v) is 6.66. The number of carbonyl (C=O) groups is 1. The monoisotopic (exact) mass is 329 g/mol. The second-order valence-corrected chi connectivity index (χ2v) is 13.5. The van der Waals surface area contributed by atoms with E-state index in [2.05, 4.69) is 14.1 Å². The van der Waals surface area contributed by atoms with Crippen LogP contribution in [0.5, 0.6) is 0 Å². The number of esters is 1. The Morgan fingerprint density at radius 2 is 2.00 bits per heavy atom. The van der Waals surface area contributed by atoms with Gasteiger partial charge in [-0.05, 0) is 17.2 Å². The summed E-state index contributed by atoms with van der Waals surface area (Å²) in [5.74, 6) is -0.692. The number of nitrogens with one attached hydrogen (secondary N) is 2. The van der Waals surface area contributed by atoms with Gasteiger partial charge in [0.15, 0.2) is 5.69 Å². The molecule has 0 saturated carbocycles. The molecular formula is C13H23N3O3SSi. The first-order chi connectivity index (χ1) is 9.42. The molecule has 1 heterocycles. The average Bonchev–Trinajstić information content (AvgIpc) is 2.35. The van der Waals surface area contributed by atoms with Crippen molar-refractivity contribution in [3.63, 3.8) is 0 Å². The summed E-state index contributed by atoms with van der Waals surface area (Å²) < 4.78 is 28.7. The van der Waals surface area contributed by atoms with Gasteiger partial charge >= 0.3 is 5.97 Å². The number of rotatable bonds is 4. The highest BCUT2D eigenvalue weighted by molar-refractivity contribution is 7.92. The van der Waals surface area contributed by atoms with Gasteiger partial charge in [-0.25, -0.2) is 23.2 Å². The second kappa shape index (κ2) is 5.86. The van der Waals surface area contributed by atoms with Gasteiger partial charge in [0.2, 0.25) is 0 Å². The van der Waals surface area contributed by atoms with Gasteiger partial charge in [0.05, 0.1) is 12.0 Å². The zero-order valence-corrected chi connectivity index (χ0v) is 15.1. The van der Waals surface area contributed by atoms with E-state index in [1.54, 1.807) is 6.07 Å². The van der Waals surface area contributed by atoms with Gasteiger partial charge in [-0.2, -0.15) is 0 Å². The molecule has 0 amide bonds. The Hall–Kier alpha value is -1.25. The maximum absolute atomic E-state index is 12.8. The minimum atomic E-state index is -3.34. The van der Waals surface area contributed by atoms with Crippen LogP contribution in [0.3, 0.4) is 0 Å². The molecule has 0 bridgehead atoms. The van der Waals surface area contributed by atoms with Crippen molar-refractivity contribution in [1.82, 2.24) is 9.37 Å². The SMILES string of the molecule is COC(=O)c1ncccc1S(=N)(=O)N[Si](C)(C)C(C)(C)C. The molecule has 0 aromatic carbocycles. The molecule has 21 heavy (non-hydrogen) atoms. The zero-order chi connectivity index (χ0) is 16.5. The number of nitrogens with zero attached hydrogens (tertiary/aromatic N) is 1. The van der Waals surface area contributed by atoms with Crippen molar-refractivity contribution in [3.8, 4) is 0 Å². The molecule has 1 atom stereocenters. The maximum atomic E-state index is 12.8. The third-order valence-corrected chi connectivity index (χ3v) is 11.6. The molecule has 118 valence electrons. The lowest BCUT2D eigenvalue weighted by atomic mass is 10.2. The summed E-state index contributed by atoms with van der Waals surface area (Å²) in [6.07, 6.45) is 1.41. The number of hydrogen-bond donors (Lipinski definition) is 2. The summed E-state index contributed by atoms with van der Waals surface area (Å²) in [5, 5.41) is -0.0929. The Balaban J connectivity index is 3.31. The van der Waals surface area contributed by atoms with E-state index in [1.165, 1.54) is 19.4 Å². The Labute approximate surface area is 127 Å². The first kappa shape index (κ1) is 17.8. The molecular weight excluding hydrogens is 306 g/mol. The highest BCUT2D eigenvalue weighted by Gasteiger charge is 2.39. The maximum Gasteiger partial charge on any atom is 0.358 e. The van der Waals surface area contributed by atoms with E-state index in [-0.39, 0.29) is 15.6 Å².